The third-order valence-corrected chi connectivity index (χ3v) is 4.50. The zero-order chi connectivity index (χ0) is 19.5. The van der Waals surface area contributed by atoms with Crippen molar-refractivity contribution in [2.75, 3.05) is 6.54 Å². The molecule has 1 aromatic heterocycles. The van der Waals surface area contributed by atoms with Crippen LogP contribution < -0.4 is 4.74 Å². The summed E-state index contributed by atoms with van der Waals surface area (Å²) in [6.45, 7) is 0.941. The first-order valence-electron chi connectivity index (χ1n) is 8.78. The van der Waals surface area contributed by atoms with E-state index in [2.05, 4.69) is 4.98 Å². The van der Waals surface area contributed by atoms with Crippen LogP contribution >= 0.6 is 0 Å². The maximum atomic E-state index is 13.5. The van der Waals surface area contributed by atoms with Gasteiger partial charge < -0.3 is 14.1 Å². The van der Waals surface area contributed by atoms with Gasteiger partial charge in [0.2, 0.25) is 5.89 Å². The average Bonchev–Trinajstić information content (AvgIpc) is 3.15. The van der Waals surface area contributed by atoms with Crippen molar-refractivity contribution in [3.63, 3.8) is 0 Å². The number of nitriles is 1. The van der Waals surface area contributed by atoms with Gasteiger partial charge in [0.1, 0.15) is 23.4 Å². The van der Waals surface area contributed by atoms with E-state index in [1.54, 1.807) is 11.0 Å². The summed E-state index contributed by atoms with van der Waals surface area (Å²) >= 11 is 0. The molecule has 0 bridgehead atoms. The fourth-order valence-electron chi connectivity index (χ4n) is 3.07. The lowest BCUT2D eigenvalue weighted by molar-refractivity contribution is 0.0718. The number of aromatic nitrogens is 1. The number of fused-ring (bicyclic) bond motifs is 1. The second-order valence-electron chi connectivity index (χ2n) is 6.36. The Labute approximate surface area is 160 Å². The highest BCUT2D eigenvalue weighted by Crippen LogP contribution is 2.23. The third kappa shape index (κ3) is 3.58. The predicted octanol–water partition coefficient (Wildman–Crippen LogP) is 3.46. The van der Waals surface area contributed by atoms with Gasteiger partial charge in [-0.25, -0.2) is 9.37 Å². The van der Waals surface area contributed by atoms with E-state index >= 15 is 0 Å². The molecular formula is C21H16FN3O3. The smallest absolute Gasteiger partial charge is 0.254 e. The van der Waals surface area contributed by atoms with Gasteiger partial charge >= 0.3 is 0 Å². The summed E-state index contributed by atoms with van der Waals surface area (Å²) < 4.78 is 24.9. The number of carbonyl (C=O) groups excluding carboxylic acids is 1. The molecule has 0 aliphatic carbocycles. The Hall–Kier alpha value is -3.66. The Bertz CT molecular complexity index is 1060. The quantitative estimate of drug-likeness (QED) is 0.696. The fraction of sp³-hybridized carbons (Fsp3) is 0.190. The third-order valence-electron chi connectivity index (χ3n) is 4.50. The summed E-state index contributed by atoms with van der Waals surface area (Å²) in [5, 5.41) is 8.95. The van der Waals surface area contributed by atoms with Crippen molar-refractivity contribution in [3.8, 4) is 11.8 Å². The maximum Gasteiger partial charge on any atom is 0.254 e. The lowest BCUT2D eigenvalue weighted by atomic mass is 10.1. The highest BCUT2D eigenvalue weighted by Gasteiger charge is 2.26. The summed E-state index contributed by atoms with van der Waals surface area (Å²) in [4.78, 5) is 18.8. The number of halogens is 1. The maximum absolute atomic E-state index is 13.5. The minimum Gasteiger partial charge on any atom is -0.484 e. The van der Waals surface area contributed by atoms with Crippen LogP contribution in [0.3, 0.4) is 0 Å². The van der Waals surface area contributed by atoms with Crippen molar-refractivity contribution in [3.05, 3.63) is 82.8 Å². The lowest BCUT2D eigenvalue weighted by Gasteiger charge is -2.25. The molecule has 0 spiro atoms. The number of carbonyl (C=O) groups is 1. The molecule has 2 aromatic carbocycles. The number of hydrogen-bond donors (Lipinski definition) is 0. The van der Waals surface area contributed by atoms with E-state index in [1.807, 2.05) is 30.3 Å². The average molecular weight is 377 g/mol. The van der Waals surface area contributed by atoms with E-state index in [-0.39, 0.29) is 30.2 Å². The molecule has 4 rings (SSSR count). The second kappa shape index (κ2) is 7.53. The molecule has 6 nitrogen and oxygen atoms in total. The normalized spacial score (nSPS) is 12.9. The van der Waals surface area contributed by atoms with Crippen LogP contribution in [-0.2, 0) is 19.6 Å². The number of oxazole rings is 1. The summed E-state index contributed by atoms with van der Waals surface area (Å²) in [5.41, 5.74) is 0.935. The molecule has 2 heterocycles. The van der Waals surface area contributed by atoms with Crippen molar-refractivity contribution >= 4 is 5.91 Å². The Morgan fingerprint density at radius 1 is 1.29 bits per heavy atom. The number of amides is 1. The molecule has 0 N–H and O–H groups in total. The van der Waals surface area contributed by atoms with Crippen LogP contribution in [0, 0.1) is 17.1 Å². The van der Waals surface area contributed by atoms with Crippen LogP contribution in [0.2, 0.25) is 0 Å². The van der Waals surface area contributed by atoms with E-state index in [0.29, 0.717) is 24.6 Å². The number of hydrogen-bond acceptors (Lipinski definition) is 5. The van der Waals surface area contributed by atoms with E-state index in [4.69, 9.17) is 14.4 Å². The van der Waals surface area contributed by atoms with E-state index in [0.717, 1.165) is 17.5 Å². The van der Waals surface area contributed by atoms with Gasteiger partial charge in [0, 0.05) is 18.5 Å². The van der Waals surface area contributed by atoms with Gasteiger partial charge in [-0.2, -0.15) is 5.26 Å². The van der Waals surface area contributed by atoms with E-state index in [9.17, 15) is 9.18 Å². The molecule has 0 saturated carbocycles. The number of nitrogens with zero attached hydrogens (tertiary/aromatic N) is 3. The topological polar surface area (TPSA) is 79.4 Å². The first-order valence-corrected chi connectivity index (χ1v) is 8.78. The molecule has 0 saturated heterocycles. The highest BCUT2D eigenvalue weighted by molar-refractivity contribution is 5.94. The van der Waals surface area contributed by atoms with Crippen LogP contribution in [-0.4, -0.2) is 22.3 Å². The first kappa shape index (κ1) is 17.7. The van der Waals surface area contributed by atoms with Gasteiger partial charge in [0.25, 0.3) is 5.91 Å². The predicted molar refractivity (Wildman–Crippen MR) is 96.8 cm³/mol. The van der Waals surface area contributed by atoms with Gasteiger partial charge in [-0.1, -0.05) is 18.2 Å². The zero-order valence-electron chi connectivity index (χ0n) is 14.9. The Balaban J connectivity index is 1.45. The molecule has 3 aromatic rings. The largest absolute Gasteiger partial charge is 0.484 e. The van der Waals surface area contributed by atoms with Crippen molar-refractivity contribution < 1.29 is 18.3 Å². The molecule has 1 amide bonds. The molecule has 0 unspecified atom stereocenters. The number of para-hydroxylation sites is 1. The van der Waals surface area contributed by atoms with Crippen LogP contribution in [0.5, 0.6) is 5.75 Å². The Morgan fingerprint density at radius 2 is 2.11 bits per heavy atom. The summed E-state index contributed by atoms with van der Waals surface area (Å²) in [5.74, 6) is 0.879. The zero-order valence-corrected chi connectivity index (χ0v) is 14.9. The minimum absolute atomic E-state index is 0.149. The molecule has 7 heteroatoms. The molecule has 0 atom stereocenters. The molecule has 1 aliphatic rings. The van der Waals surface area contributed by atoms with Crippen LogP contribution in [0.25, 0.3) is 0 Å². The molecule has 140 valence electrons. The van der Waals surface area contributed by atoms with Crippen molar-refractivity contribution in [2.24, 2.45) is 0 Å². The molecule has 0 radical (unpaired) electrons. The van der Waals surface area contributed by atoms with Gasteiger partial charge in [-0.3, -0.25) is 4.79 Å². The highest BCUT2D eigenvalue weighted by atomic mass is 19.1. The number of ether oxygens (including phenoxy) is 1. The number of benzene rings is 2. The minimum atomic E-state index is -0.640. The van der Waals surface area contributed by atoms with Crippen LogP contribution in [0.15, 0.2) is 52.9 Å². The number of rotatable bonds is 4. The van der Waals surface area contributed by atoms with Crippen molar-refractivity contribution in [1.29, 1.82) is 5.26 Å². The van der Waals surface area contributed by atoms with E-state index < -0.39 is 5.82 Å². The van der Waals surface area contributed by atoms with Gasteiger partial charge in [-0.15, -0.1) is 0 Å². The molecule has 28 heavy (non-hydrogen) atoms. The lowest BCUT2D eigenvalue weighted by Crippen LogP contribution is -2.35. The SMILES string of the molecule is N#Cc1cc(C(=O)N2CCc3nc(COc4ccccc4)oc3C2)ccc1F. The molecule has 1 aliphatic heterocycles. The Kier molecular flexibility index (Phi) is 4.77. The molecule has 0 fully saturated rings. The summed E-state index contributed by atoms with van der Waals surface area (Å²) in [7, 11) is 0. The van der Waals surface area contributed by atoms with Crippen LogP contribution in [0.4, 0.5) is 4.39 Å². The van der Waals surface area contributed by atoms with E-state index in [1.165, 1.54) is 12.1 Å². The van der Waals surface area contributed by atoms with Gasteiger partial charge in [0.15, 0.2) is 6.61 Å². The second-order valence-corrected chi connectivity index (χ2v) is 6.36. The monoisotopic (exact) mass is 377 g/mol. The first-order chi connectivity index (χ1) is 13.6. The standard InChI is InChI=1S/C21H16FN3O3/c22-17-7-6-14(10-15(17)11-23)21(26)25-9-8-18-19(12-25)28-20(24-18)13-27-16-4-2-1-3-5-16/h1-7,10H,8-9,12-13H2. The summed E-state index contributed by atoms with van der Waals surface area (Å²) in [6, 6.07) is 14.9. The molecular weight excluding hydrogens is 361 g/mol. The van der Waals surface area contributed by atoms with Crippen molar-refractivity contribution in [1.82, 2.24) is 9.88 Å². The van der Waals surface area contributed by atoms with Gasteiger partial charge in [-0.05, 0) is 30.3 Å². The Morgan fingerprint density at radius 3 is 2.89 bits per heavy atom. The van der Waals surface area contributed by atoms with Gasteiger partial charge in [0.05, 0.1) is 17.8 Å². The fourth-order valence-corrected chi connectivity index (χ4v) is 3.07. The summed E-state index contributed by atoms with van der Waals surface area (Å²) in [6.07, 6.45) is 0.558. The van der Waals surface area contributed by atoms with Crippen LogP contribution in [0.1, 0.15) is 33.3 Å². The van der Waals surface area contributed by atoms with Crippen molar-refractivity contribution in [2.45, 2.75) is 19.6 Å².